The van der Waals surface area contributed by atoms with E-state index in [1.807, 2.05) is 11.6 Å². The average Bonchev–Trinajstić information content (AvgIpc) is 2.71. The van der Waals surface area contributed by atoms with E-state index in [1.165, 1.54) is 5.69 Å². The van der Waals surface area contributed by atoms with Crippen molar-refractivity contribution in [2.45, 2.75) is 40.2 Å². The van der Waals surface area contributed by atoms with Crippen LogP contribution in [0.3, 0.4) is 0 Å². The fraction of sp³-hybridized carbons (Fsp3) is 0.750. The first-order valence-corrected chi connectivity index (χ1v) is 5.95. The van der Waals surface area contributed by atoms with Crippen molar-refractivity contribution < 1.29 is 5.11 Å². The van der Waals surface area contributed by atoms with Crippen LogP contribution in [0.2, 0.25) is 0 Å². The minimum atomic E-state index is -0.238. The van der Waals surface area contributed by atoms with Crippen molar-refractivity contribution in [2.24, 2.45) is 11.1 Å². The standard InChI is InChI=1S/C12H23N3O/c1-4-10-6-11(15(5-2)14-10)7-12(3,8-13)9-16/h6,16H,4-5,7-9,13H2,1-3H3. The van der Waals surface area contributed by atoms with E-state index in [0.29, 0.717) is 6.54 Å². The van der Waals surface area contributed by atoms with Crippen molar-refractivity contribution in [3.8, 4) is 0 Å². The van der Waals surface area contributed by atoms with Crippen LogP contribution in [0.5, 0.6) is 0 Å². The van der Waals surface area contributed by atoms with Gasteiger partial charge in [-0.1, -0.05) is 13.8 Å². The number of aromatic nitrogens is 2. The van der Waals surface area contributed by atoms with Gasteiger partial charge < -0.3 is 10.8 Å². The molecule has 1 aromatic heterocycles. The van der Waals surface area contributed by atoms with Crippen LogP contribution in [0.4, 0.5) is 0 Å². The maximum absolute atomic E-state index is 9.36. The molecule has 0 saturated heterocycles. The molecule has 1 heterocycles. The predicted molar refractivity (Wildman–Crippen MR) is 65.2 cm³/mol. The van der Waals surface area contributed by atoms with Gasteiger partial charge >= 0.3 is 0 Å². The molecule has 16 heavy (non-hydrogen) atoms. The van der Waals surface area contributed by atoms with Crippen LogP contribution >= 0.6 is 0 Å². The SMILES string of the molecule is CCc1cc(CC(C)(CN)CO)n(CC)n1. The lowest BCUT2D eigenvalue weighted by Crippen LogP contribution is -2.34. The van der Waals surface area contributed by atoms with Crippen molar-refractivity contribution in [2.75, 3.05) is 13.2 Å². The topological polar surface area (TPSA) is 64.1 Å². The van der Waals surface area contributed by atoms with Gasteiger partial charge in [-0.2, -0.15) is 5.10 Å². The maximum Gasteiger partial charge on any atom is 0.0624 e. The number of nitrogens with zero attached hydrogens (tertiary/aromatic N) is 2. The highest BCUT2D eigenvalue weighted by Crippen LogP contribution is 2.21. The molecule has 0 spiro atoms. The van der Waals surface area contributed by atoms with Crippen molar-refractivity contribution in [3.63, 3.8) is 0 Å². The molecule has 0 saturated carbocycles. The van der Waals surface area contributed by atoms with Gasteiger partial charge in [0.1, 0.15) is 0 Å². The van der Waals surface area contributed by atoms with Crippen LogP contribution in [0.15, 0.2) is 6.07 Å². The maximum atomic E-state index is 9.36. The Bertz CT molecular complexity index is 329. The highest BCUT2D eigenvalue weighted by molar-refractivity contribution is 5.12. The summed E-state index contributed by atoms with van der Waals surface area (Å²) in [6.07, 6.45) is 1.72. The molecule has 0 aliphatic carbocycles. The first-order chi connectivity index (χ1) is 7.58. The molecule has 0 aromatic carbocycles. The third-order valence-electron chi connectivity index (χ3n) is 3.06. The van der Waals surface area contributed by atoms with Crippen LogP contribution < -0.4 is 5.73 Å². The fourth-order valence-corrected chi connectivity index (χ4v) is 1.73. The van der Waals surface area contributed by atoms with Gasteiger partial charge in [-0.25, -0.2) is 0 Å². The average molecular weight is 225 g/mol. The van der Waals surface area contributed by atoms with Gasteiger partial charge in [0, 0.05) is 24.2 Å². The van der Waals surface area contributed by atoms with E-state index < -0.39 is 0 Å². The van der Waals surface area contributed by atoms with Crippen LogP contribution in [-0.4, -0.2) is 28.0 Å². The Morgan fingerprint density at radius 2 is 2.19 bits per heavy atom. The van der Waals surface area contributed by atoms with Crippen molar-refractivity contribution in [1.82, 2.24) is 9.78 Å². The molecule has 0 radical (unpaired) electrons. The lowest BCUT2D eigenvalue weighted by molar-refractivity contribution is 0.147. The van der Waals surface area contributed by atoms with Crippen LogP contribution in [0.1, 0.15) is 32.2 Å². The summed E-state index contributed by atoms with van der Waals surface area (Å²) in [5.41, 5.74) is 7.74. The fourth-order valence-electron chi connectivity index (χ4n) is 1.73. The predicted octanol–water partition coefficient (Wildman–Crippen LogP) is 0.965. The molecule has 1 atom stereocenters. The minimum absolute atomic E-state index is 0.111. The molecule has 92 valence electrons. The van der Waals surface area contributed by atoms with E-state index in [2.05, 4.69) is 25.0 Å². The summed E-state index contributed by atoms with van der Waals surface area (Å²) in [5, 5.41) is 13.9. The zero-order valence-electron chi connectivity index (χ0n) is 10.5. The second-order valence-corrected chi connectivity index (χ2v) is 4.65. The van der Waals surface area contributed by atoms with Crippen LogP contribution in [0, 0.1) is 5.41 Å². The molecule has 1 aromatic rings. The lowest BCUT2D eigenvalue weighted by atomic mass is 9.86. The van der Waals surface area contributed by atoms with Gasteiger partial charge in [-0.3, -0.25) is 4.68 Å². The Balaban J connectivity index is 2.90. The molecule has 3 N–H and O–H groups in total. The number of hydrogen-bond acceptors (Lipinski definition) is 3. The first kappa shape index (κ1) is 13.2. The molecular weight excluding hydrogens is 202 g/mol. The molecular formula is C12H23N3O. The Kier molecular flexibility index (Phi) is 4.50. The van der Waals surface area contributed by atoms with E-state index in [4.69, 9.17) is 5.73 Å². The third kappa shape index (κ3) is 2.83. The second-order valence-electron chi connectivity index (χ2n) is 4.65. The number of rotatable bonds is 6. The van der Waals surface area contributed by atoms with Crippen molar-refractivity contribution in [1.29, 1.82) is 0 Å². The van der Waals surface area contributed by atoms with Gasteiger partial charge in [0.25, 0.3) is 0 Å². The second kappa shape index (κ2) is 5.46. The van der Waals surface area contributed by atoms with Gasteiger partial charge in [-0.05, 0) is 25.8 Å². The molecule has 0 aliphatic heterocycles. The van der Waals surface area contributed by atoms with Gasteiger partial charge in [0.15, 0.2) is 0 Å². The van der Waals surface area contributed by atoms with Gasteiger partial charge in [0.2, 0.25) is 0 Å². The molecule has 4 heteroatoms. The number of aliphatic hydroxyl groups is 1. The highest BCUT2D eigenvalue weighted by Gasteiger charge is 2.24. The molecule has 0 amide bonds. The Labute approximate surface area is 97.5 Å². The molecule has 0 aliphatic rings. The lowest BCUT2D eigenvalue weighted by Gasteiger charge is -2.25. The summed E-state index contributed by atoms with van der Waals surface area (Å²) in [6, 6.07) is 2.12. The van der Waals surface area contributed by atoms with E-state index in [0.717, 1.165) is 25.1 Å². The summed E-state index contributed by atoms with van der Waals surface area (Å²) in [4.78, 5) is 0. The summed E-state index contributed by atoms with van der Waals surface area (Å²) in [7, 11) is 0. The number of aryl methyl sites for hydroxylation is 2. The van der Waals surface area contributed by atoms with E-state index in [-0.39, 0.29) is 12.0 Å². The van der Waals surface area contributed by atoms with E-state index in [1.54, 1.807) is 0 Å². The first-order valence-electron chi connectivity index (χ1n) is 5.95. The largest absolute Gasteiger partial charge is 0.396 e. The monoisotopic (exact) mass is 225 g/mol. The zero-order valence-corrected chi connectivity index (χ0v) is 10.5. The summed E-state index contributed by atoms with van der Waals surface area (Å²) < 4.78 is 2.00. The van der Waals surface area contributed by atoms with E-state index in [9.17, 15) is 5.11 Å². The van der Waals surface area contributed by atoms with Crippen LogP contribution in [-0.2, 0) is 19.4 Å². The normalized spacial score (nSPS) is 15.1. The Hall–Kier alpha value is -0.870. The number of aliphatic hydroxyl groups excluding tert-OH is 1. The van der Waals surface area contributed by atoms with Crippen LogP contribution in [0.25, 0.3) is 0 Å². The Morgan fingerprint density at radius 1 is 1.50 bits per heavy atom. The van der Waals surface area contributed by atoms with Crippen molar-refractivity contribution in [3.05, 3.63) is 17.5 Å². The van der Waals surface area contributed by atoms with E-state index >= 15 is 0 Å². The molecule has 0 bridgehead atoms. The summed E-state index contributed by atoms with van der Waals surface area (Å²) in [6.45, 7) is 7.64. The quantitative estimate of drug-likeness (QED) is 0.758. The summed E-state index contributed by atoms with van der Waals surface area (Å²) in [5.74, 6) is 0. The van der Waals surface area contributed by atoms with Crippen molar-refractivity contribution >= 4 is 0 Å². The smallest absolute Gasteiger partial charge is 0.0624 e. The Morgan fingerprint density at radius 3 is 2.62 bits per heavy atom. The number of hydrogen-bond donors (Lipinski definition) is 2. The molecule has 1 rings (SSSR count). The molecule has 0 fully saturated rings. The molecule has 4 nitrogen and oxygen atoms in total. The highest BCUT2D eigenvalue weighted by atomic mass is 16.3. The third-order valence-corrected chi connectivity index (χ3v) is 3.06. The zero-order chi connectivity index (χ0) is 12.2. The van der Waals surface area contributed by atoms with Gasteiger partial charge in [-0.15, -0.1) is 0 Å². The summed E-state index contributed by atoms with van der Waals surface area (Å²) >= 11 is 0. The van der Waals surface area contributed by atoms with Gasteiger partial charge in [0.05, 0.1) is 12.3 Å². The number of nitrogens with two attached hydrogens (primary N) is 1. The molecule has 1 unspecified atom stereocenters. The minimum Gasteiger partial charge on any atom is -0.396 e.